The van der Waals surface area contributed by atoms with E-state index in [0.717, 1.165) is 72.4 Å². The van der Waals surface area contributed by atoms with Crippen molar-refractivity contribution in [2.75, 3.05) is 56.8 Å². The maximum absolute atomic E-state index is 5.97. The first-order chi connectivity index (χ1) is 16.2. The molecule has 0 unspecified atom stereocenters. The molecule has 7 nitrogen and oxygen atoms in total. The second kappa shape index (κ2) is 9.73. The highest BCUT2D eigenvalue weighted by Crippen LogP contribution is 2.36. The summed E-state index contributed by atoms with van der Waals surface area (Å²) in [4.78, 5) is 14.0. The minimum Gasteiger partial charge on any atom is -0.493 e. The largest absolute Gasteiger partial charge is 0.493 e. The Labute approximate surface area is 195 Å². The molecule has 2 aliphatic rings. The van der Waals surface area contributed by atoms with Crippen LogP contribution in [0, 0.1) is 5.92 Å². The van der Waals surface area contributed by atoms with Gasteiger partial charge in [0.25, 0.3) is 0 Å². The molecule has 1 saturated carbocycles. The maximum atomic E-state index is 5.97. The Balaban J connectivity index is 1.24. The van der Waals surface area contributed by atoms with Crippen LogP contribution in [0.5, 0.6) is 17.2 Å². The third-order valence-corrected chi connectivity index (χ3v) is 6.83. The van der Waals surface area contributed by atoms with E-state index in [1.54, 1.807) is 14.2 Å². The van der Waals surface area contributed by atoms with Gasteiger partial charge in [-0.1, -0.05) is 12.8 Å². The van der Waals surface area contributed by atoms with Gasteiger partial charge in [0, 0.05) is 37.8 Å². The van der Waals surface area contributed by atoms with Gasteiger partial charge in [0.05, 0.1) is 27.0 Å². The van der Waals surface area contributed by atoms with Crippen LogP contribution in [-0.4, -0.2) is 57.0 Å². The van der Waals surface area contributed by atoms with Gasteiger partial charge in [0.15, 0.2) is 11.5 Å². The molecule has 2 fully saturated rings. The van der Waals surface area contributed by atoms with Crippen molar-refractivity contribution in [2.45, 2.75) is 25.7 Å². The van der Waals surface area contributed by atoms with Crippen LogP contribution < -0.4 is 24.0 Å². The molecule has 1 aliphatic heterocycles. The van der Waals surface area contributed by atoms with Gasteiger partial charge >= 0.3 is 0 Å². The number of anilines is 2. The second-order valence-electron chi connectivity index (χ2n) is 8.85. The third-order valence-electron chi connectivity index (χ3n) is 6.83. The Morgan fingerprint density at radius 3 is 2.30 bits per heavy atom. The SMILES string of the molecule is COc1cc2ccnc(N3CCN(c4ccc(OCC5CCCC5)cn4)CC3)c2cc1OC. The molecule has 0 bridgehead atoms. The standard InChI is InChI=1S/C26H32N4O3/c1-31-23-15-20-9-10-27-26(22(20)16-24(23)32-2)30-13-11-29(12-14-30)25-8-7-21(17-28-25)33-18-19-5-3-4-6-19/h7-10,15-17,19H,3-6,11-14,18H2,1-2H3. The van der Waals surface area contributed by atoms with Crippen LogP contribution in [-0.2, 0) is 0 Å². The van der Waals surface area contributed by atoms with Crippen molar-refractivity contribution in [3.05, 3.63) is 42.7 Å². The third kappa shape index (κ3) is 4.63. The smallest absolute Gasteiger partial charge is 0.161 e. The van der Waals surface area contributed by atoms with Crippen molar-refractivity contribution in [3.8, 4) is 17.2 Å². The number of hydrogen-bond donors (Lipinski definition) is 0. The highest BCUT2D eigenvalue weighted by atomic mass is 16.5. The summed E-state index contributed by atoms with van der Waals surface area (Å²) in [7, 11) is 3.32. The van der Waals surface area contributed by atoms with E-state index in [9.17, 15) is 0 Å². The lowest BCUT2D eigenvalue weighted by molar-refractivity contribution is 0.251. The number of pyridine rings is 2. The Bertz CT molecular complexity index is 1070. The zero-order valence-corrected chi connectivity index (χ0v) is 19.5. The van der Waals surface area contributed by atoms with E-state index in [-0.39, 0.29) is 0 Å². The number of hydrogen-bond acceptors (Lipinski definition) is 7. The normalized spacial score (nSPS) is 16.9. The lowest BCUT2D eigenvalue weighted by atomic mass is 10.1. The summed E-state index contributed by atoms with van der Waals surface area (Å²) in [6.07, 6.45) is 8.99. The van der Waals surface area contributed by atoms with Crippen molar-refractivity contribution in [3.63, 3.8) is 0 Å². The number of aromatic nitrogens is 2. The summed E-state index contributed by atoms with van der Waals surface area (Å²) in [6.45, 7) is 4.35. The van der Waals surface area contributed by atoms with E-state index < -0.39 is 0 Å². The lowest BCUT2D eigenvalue weighted by Crippen LogP contribution is -2.47. The molecule has 5 rings (SSSR count). The summed E-state index contributed by atoms with van der Waals surface area (Å²) in [5, 5.41) is 2.17. The maximum Gasteiger partial charge on any atom is 0.161 e. The molecule has 0 amide bonds. The topological polar surface area (TPSA) is 60.0 Å². The predicted molar refractivity (Wildman–Crippen MR) is 131 cm³/mol. The zero-order valence-electron chi connectivity index (χ0n) is 19.5. The quantitative estimate of drug-likeness (QED) is 0.526. The first-order valence-electron chi connectivity index (χ1n) is 11.8. The van der Waals surface area contributed by atoms with Crippen molar-refractivity contribution in [1.82, 2.24) is 9.97 Å². The number of ether oxygens (including phenoxy) is 3. The highest BCUT2D eigenvalue weighted by molar-refractivity contribution is 5.94. The molecule has 0 spiro atoms. The van der Waals surface area contributed by atoms with E-state index in [2.05, 4.69) is 26.9 Å². The Morgan fingerprint density at radius 1 is 0.879 bits per heavy atom. The molecule has 1 aliphatic carbocycles. The van der Waals surface area contributed by atoms with E-state index >= 15 is 0 Å². The highest BCUT2D eigenvalue weighted by Gasteiger charge is 2.22. The van der Waals surface area contributed by atoms with Crippen LogP contribution in [0.1, 0.15) is 25.7 Å². The summed E-state index contributed by atoms with van der Waals surface area (Å²) >= 11 is 0. The fourth-order valence-electron chi connectivity index (χ4n) is 4.92. The van der Waals surface area contributed by atoms with Crippen LogP contribution in [0.25, 0.3) is 10.8 Å². The molecular weight excluding hydrogens is 416 g/mol. The summed E-state index contributed by atoms with van der Waals surface area (Å²) < 4.78 is 16.9. The molecule has 33 heavy (non-hydrogen) atoms. The van der Waals surface area contributed by atoms with Crippen LogP contribution in [0.3, 0.4) is 0 Å². The van der Waals surface area contributed by atoms with Crippen LogP contribution >= 0.6 is 0 Å². The molecule has 0 N–H and O–H groups in total. The molecule has 3 heterocycles. The van der Waals surface area contributed by atoms with Gasteiger partial charge in [-0.15, -0.1) is 0 Å². The average Bonchev–Trinajstić information content (AvgIpc) is 3.40. The first kappa shape index (κ1) is 21.6. The average molecular weight is 449 g/mol. The van der Waals surface area contributed by atoms with Crippen LogP contribution in [0.4, 0.5) is 11.6 Å². The Morgan fingerprint density at radius 2 is 1.61 bits per heavy atom. The lowest BCUT2D eigenvalue weighted by Gasteiger charge is -2.36. The number of methoxy groups -OCH3 is 2. The molecule has 1 aromatic carbocycles. The van der Waals surface area contributed by atoms with Crippen LogP contribution in [0.2, 0.25) is 0 Å². The minimum absolute atomic E-state index is 0.710. The van der Waals surface area contributed by atoms with Gasteiger partial charge in [0.1, 0.15) is 17.4 Å². The van der Waals surface area contributed by atoms with E-state index in [1.807, 2.05) is 30.6 Å². The monoisotopic (exact) mass is 448 g/mol. The molecular formula is C26H32N4O3. The molecule has 3 aromatic rings. The van der Waals surface area contributed by atoms with E-state index in [0.29, 0.717) is 5.92 Å². The summed E-state index contributed by atoms with van der Waals surface area (Å²) in [5.41, 5.74) is 0. The molecule has 174 valence electrons. The van der Waals surface area contributed by atoms with Crippen molar-refractivity contribution >= 4 is 22.4 Å². The summed E-state index contributed by atoms with van der Waals surface area (Å²) in [6, 6.07) is 10.2. The fourth-order valence-corrected chi connectivity index (χ4v) is 4.92. The second-order valence-corrected chi connectivity index (χ2v) is 8.85. The first-order valence-corrected chi connectivity index (χ1v) is 11.8. The predicted octanol–water partition coefficient (Wildman–Crippen LogP) is 4.54. The van der Waals surface area contributed by atoms with Crippen molar-refractivity contribution in [1.29, 1.82) is 0 Å². The number of piperazine rings is 1. The van der Waals surface area contributed by atoms with Crippen molar-refractivity contribution in [2.24, 2.45) is 5.92 Å². The van der Waals surface area contributed by atoms with Gasteiger partial charge in [-0.2, -0.15) is 0 Å². The van der Waals surface area contributed by atoms with Gasteiger partial charge < -0.3 is 24.0 Å². The van der Waals surface area contributed by atoms with Gasteiger partial charge in [-0.05, 0) is 54.5 Å². The number of nitrogens with zero attached hydrogens (tertiary/aromatic N) is 4. The molecule has 0 atom stereocenters. The molecule has 1 saturated heterocycles. The Hall–Kier alpha value is -3.22. The van der Waals surface area contributed by atoms with Crippen LogP contribution in [0.15, 0.2) is 42.7 Å². The molecule has 0 radical (unpaired) electrons. The molecule has 2 aromatic heterocycles. The number of rotatable bonds is 7. The van der Waals surface area contributed by atoms with E-state index in [1.165, 1.54) is 25.7 Å². The fraction of sp³-hybridized carbons (Fsp3) is 0.462. The zero-order chi connectivity index (χ0) is 22.6. The van der Waals surface area contributed by atoms with E-state index in [4.69, 9.17) is 19.2 Å². The van der Waals surface area contributed by atoms with Gasteiger partial charge in [0.2, 0.25) is 0 Å². The number of fused-ring (bicyclic) bond motifs is 1. The van der Waals surface area contributed by atoms with Gasteiger partial charge in [-0.25, -0.2) is 9.97 Å². The Kier molecular flexibility index (Phi) is 6.37. The van der Waals surface area contributed by atoms with Crippen molar-refractivity contribution < 1.29 is 14.2 Å². The van der Waals surface area contributed by atoms with Gasteiger partial charge in [-0.3, -0.25) is 0 Å². The minimum atomic E-state index is 0.710. The summed E-state index contributed by atoms with van der Waals surface area (Å²) in [5.74, 6) is 5.01. The number of benzene rings is 1. The molecule has 7 heteroatoms.